The molecule has 0 spiro atoms. The van der Waals surface area contributed by atoms with E-state index in [1.165, 1.54) is 0 Å². The summed E-state index contributed by atoms with van der Waals surface area (Å²) < 4.78 is 39.2. The molecule has 3 rings (SSSR count). The van der Waals surface area contributed by atoms with Gasteiger partial charge in [-0.15, -0.1) is 0 Å². The molecule has 1 unspecified atom stereocenters. The Kier molecular flexibility index (Phi) is 4.35. The molecule has 1 atom stereocenters. The monoisotopic (exact) mass is 352 g/mol. The van der Waals surface area contributed by atoms with Gasteiger partial charge in [0.25, 0.3) is 0 Å². The molecule has 0 aliphatic carbocycles. The summed E-state index contributed by atoms with van der Waals surface area (Å²) in [4.78, 5) is 0.746. The first-order valence-electron chi connectivity index (χ1n) is 7.23. The van der Waals surface area contributed by atoms with Gasteiger partial charge in [-0.25, -0.2) is 0 Å². The lowest BCUT2D eigenvalue weighted by molar-refractivity contribution is -1.91. The lowest BCUT2D eigenvalue weighted by Crippen LogP contribution is -2.60. The molecule has 4 nitrogen and oxygen atoms in total. The van der Waals surface area contributed by atoms with Crippen molar-refractivity contribution in [1.82, 2.24) is 0 Å². The molecule has 0 amide bonds. The van der Waals surface area contributed by atoms with Gasteiger partial charge in [0.15, 0.2) is 0 Å². The van der Waals surface area contributed by atoms with Gasteiger partial charge in [0.05, 0.1) is 19.6 Å². The number of hydrogen-bond donors (Lipinski definition) is 0. The van der Waals surface area contributed by atoms with Crippen LogP contribution in [0.15, 0.2) is 41.3 Å². The van der Waals surface area contributed by atoms with E-state index in [0.29, 0.717) is 0 Å². The van der Waals surface area contributed by atoms with E-state index in [0.717, 1.165) is 43.3 Å². The average Bonchev–Trinajstić information content (AvgIpc) is 2.45. The molecule has 0 aromatic heterocycles. The highest BCUT2D eigenvalue weighted by molar-refractivity contribution is 8.05. The summed E-state index contributed by atoms with van der Waals surface area (Å²) in [6.07, 6.45) is 0.811. The Balaban J connectivity index is 2.46. The highest BCUT2D eigenvalue weighted by Gasteiger charge is 2.29. The Labute approximate surface area is 139 Å². The molecule has 0 bridgehead atoms. The normalized spacial score (nSPS) is 17.0. The van der Waals surface area contributed by atoms with Crippen LogP contribution in [0.5, 0.6) is 0 Å². The zero-order valence-electron chi connectivity index (χ0n) is 13.1. The van der Waals surface area contributed by atoms with E-state index in [9.17, 15) is 14.0 Å². The molecule has 0 saturated carbocycles. The van der Waals surface area contributed by atoms with Gasteiger partial charge in [-0.3, -0.25) is 0 Å². The maximum absolute atomic E-state index is 11.2. The van der Waals surface area contributed by atoms with Crippen LogP contribution in [-0.4, -0.2) is 0 Å². The summed E-state index contributed by atoms with van der Waals surface area (Å²) >= 11 is 0. The van der Waals surface area contributed by atoms with Crippen LogP contribution in [0.2, 0.25) is 0 Å². The third-order valence-electron chi connectivity index (χ3n) is 3.81. The predicted molar refractivity (Wildman–Crippen MR) is 80.6 cm³/mol. The summed E-state index contributed by atoms with van der Waals surface area (Å²) in [5, 5.41) is 0.966. The first-order chi connectivity index (χ1) is 10.8. The molecule has 23 heavy (non-hydrogen) atoms. The smallest absolute Gasteiger partial charge is 0.148 e. The van der Waals surface area contributed by atoms with Crippen molar-refractivity contribution in [2.45, 2.75) is 32.1 Å². The largest absolute Gasteiger partial charge is 0.182 e. The number of rotatable bonds is 3. The minimum Gasteiger partial charge on any atom is -0.182 e. The fourth-order valence-corrected chi connectivity index (χ4v) is 5.42. The fraction of sp³-hybridized carbons (Fsp3) is 0.235. The number of fused-ring (bicyclic) bond motifs is 2. The van der Waals surface area contributed by atoms with E-state index in [1.807, 2.05) is 50.2 Å². The summed E-state index contributed by atoms with van der Waals surface area (Å²) in [6.45, 7) is 6.04. The maximum Gasteiger partial charge on any atom is 0.148 e. The van der Waals surface area contributed by atoms with E-state index in [2.05, 4.69) is 6.92 Å². The molecule has 0 N–H and O–H groups in total. The molecule has 2 aromatic rings. The van der Waals surface area contributed by atoms with E-state index >= 15 is 0 Å². The lowest BCUT2D eigenvalue weighted by atomic mass is 9.98. The van der Waals surface area contributed by atoms with Crippen molar-refractivity contribution in [3.8, 4) is 0 Å². The molecule has 0 radical (unpaired) electrons. The van der Waals surface area contributed by atoms with Crippen LogP contribution in [0.25, 0.3) is 5.57 Å². The summed E-state index contributed by atoms with van der Waals surface area (Å²) in [5.41, 5.74) is 4.27. The Hall–Kier alpha value is -1.21. The Morgan fingerprint density at radius 2 is 1.65 bits per heavy atom. The third kappa shape index (κ3) is 3.21. The Morgan fingerprint density at radius 3 is 2.30 bits per heavy atom. The van der Waals surface area contributed by atoms with Gasteiger partial charge in [-0.1, -0.05) is 42.3 Å². The van der Waals surface area contributed by atoms with Crippen LogP contribution >= 0.6 is 10.8 Å². The molecular formula is C17H17ClO4S. The zero-order valence-corrected chi connectivity index (χ0v) is 14.7. The van der Waals surface area contributed by atoms with Crippen LogP contribution in [0.4, 0.5) is 0 Å². The van der Waals surface area contributed by atoms with Crippen molar-refractivity contribution < 1.29 is 28.0 Å². The van der Waals surface area contributed by atoms with Crippen LogP contribution < -0.4 is 19.2 Å². The minimum absolute atomic E-state index is 0.746. The Bertz CT molecular complexity index is 900. The molecule has 6 heteroatoms. The van der Waals surface area contributed by atoms with E-state index < -0.39 is 21.0 Å². The Morgan fingerprint density at radius 1 is 1.00 bits per heavy atom. The average molecular weight is 353 g/mol. The highest BCUT2D eigenvalue weighted by atomic mass is 35.7. The topological polar surface area (TPSA) is 78.4 Å². The van der Waals surface area contributed by atoms with Crippen molar-refractivity contribution in [1.29, 1.82) is 0 Å². The third-order valence-corrected chi connectivity index (χ3v) is 6.45. The summed E-state index contributed by atoms with van der Waals surface area (Å²) in [5.74, 6) is 0. The molecule has 1 aliphatic rings. The van der Waals surface area contributed by atoms with Gasteiger partial charge in [0, 0.05) is 0 Å². The molecule has 2 aromatic carbocycles. The molecular weight excluding hydrogens is 336 g/mol. The van der Waals surface area contributed by atoms with Crippen LogP contribution in [0.3, 0.4) is 0 Å². The second-order valence-corrected chi connectivity index (χ2v) is 8.22. The van der Waals surface area contributed by atoms with Gasteiger partial charge in [-0.2, -0.15) is 14.0 Å². The van der Waals surface area contributed by atoms with Gasteiger partial charge >= 0.3 is 0 Å². The minimum atomic E-state index is -4.51. The second-order valence-electron chi connectivity index (χ2n) is 5.54. The van der Waals surface area contributed by atoms with Gasteiger partial charge in [0.2, 0.25) is 0 Å². The van der Waals surface area contributed by atoms with Crippen LogP contribution in [-0.2, 0) is 3.74 Å². The van der Waals surface area contributed by atoms with Crippen molar-refractivity contribution in [3.05, 3.63) is 62.8 Å². The predicted octanol–water partition coefficient (Wildman–Crippen LogP) is 0.634. The number of aryl methyl sites for hydroxylation is 2. The number of hydrogen-bond acceptors (Lipinski definition) is 4. The standard InChI is InChI=1S/C17H17ClO4S/c1-4-13-14-9-11(2)5-7-16(14)23(22-18(19,20)21)17-8-6-12(3)10-15(13)17/h5-10H,4H2,1-3H3. The lowest BCUT2D eigenvalue weighted by Gasteiger charge is -2.21. The zero-order chi connectivity index (χ0) is 16.8. The van der Waals surface area contributed by atoms with E-state index in [1.54, 1.807) is 0 Å². The van der Waals surface area contributed by atoms with Crippen molar-refractivity contribution in [2.75, 3.05) is 0 Å². The first-order valence-corrected chi connectivity index (χ1v) is 9.61. The van der Waals surface area contributed by atoms with Gasteiger partial charge in [0.1, 0.15) is 14.5 Å². The quantitative estimate of drug-likeness (QED) is 0.759. The van der Waals surface area contributed by atoms with Gasteiger partial charge in [-0.05, 0) is 48.8 Å². The summed E-state index contributed by atoms with van der Waals surface area (Å²) in [7, 11) is -5.74. The van der Waals surface area contributed by atoms with E-state index in [-0.39, 0.29) is 0 Å². The maximum atomic E-state index is 11.2. The number of benzene rings is 2. The van der Waals surface area contributed by atoms with Crippen molar-refractivity contribution in [2.24, 2.45) is 0 Å². The molecule has 1 aliphatic heterocycles. The fourth-order valence-electron chi connectivity index (χ4n) is 2.87. The molecule has 0 saturated heterocycles. The van der Waals surface area contributed by atoms with Crippen LogP contribution in [0, 0.1) is 28.6 Å². The van der Waals surface area contributed by atoms with E-state index in [4.69, 9.17) is 3.74 Å². The molecule has 0 fully saturated rings. The first kappa shape index (κ1) is 16.6. The summed E-state index contributed by atoms with van der Waals surface area (Å²) in [6, 6.07) is 11.6. The second kappa shape index (κ2) is 6.02. The number of halogens is 1. The highest BCUT2D eigenvalue weighted by Crippen LogP contribution is 2.41. The van der Waals surface area contributed by atoms with Gasteiger partial charge < -0.3 is 0 Å². The van der Waals surface area contributed by atoms with Crippen molar-refractivity contribution in [3.63, 3.8) is 0 Å². The van der Waals surface area contributed by atoms with Crippen LogP contribution in [0.1, 0.15) is 30.0 Å². The molecule has 1 heterocycles. The van der Waals surface area contributed by atoms with Crippen molar-refractivity contribution >= 4 is 16.3 Å². The molecule has 122 valence electrons. The SMILES string of the molecule is CCC1=c2cc(C)ccc2=S(O[Cl+3]([O-])([O-])[O-])c2ccc(C)cc21.